The Morgan fingerprint density at radius 3 is 2.44 bits per heavy atom. The number of benzene rings is 1. The molecule has 18 heavy (non-hydrogen) atoms. The van der Waals surface area contributed by atoms with E-state index < -0.39 is 6.10 Å². The number of aliphatic hydroxyl groups excluding tert-OH is 1. The molecule has 2 unspecified atom stereocenters. The lowest BCUT2D eigenvalue weighted by Crippen LogP contribution is -2.25. The molecule has 102 valence electrons. The van der Waals surface area contributed by atoms with Crippen LogP contribution in [0.15, 0.2) is 18.2 Å². The fourth-order valence-electron chi connectivity index (χ4n) is 1.86. The van der Waals surface area contributed by atoms with Gasteiger partial charge in [0, 0.05) is 0 Å². The molecule has 1 rings (SSSR count). The monoisotopic (exact) mass is 250 g/mol. The third-order valence-electron chi connectivity index (χ3n) is 3.50. The zero-order valence-electron chi connectivity index (χ0n) is 12.2. The van der Waals surface area contributed by atoms with Gasteiger partial charge in [-0.2, -0.15) is 0 Å². The van der Waals surface area contributed by atoms with Gasteiger partial charge in [-0.3, -0.25) is 0 Å². The predicted octanol–water partition coefficient (Wildman–Crippen LogP) is 3.90. The molecule has 1 aromatic rings. The molecule has 0 saturated carbocycles. The van der Waals surface area contributed by atoms with E-state index in [4.69, 9.17) is 4.74 Å². The van der Waals surface area contributed by atoms with E-state index in [1.54, 1.807) is 0 Å². The molecule has 0 spiro atoms. The number of hydrogen-bond acceptors (Lipinski definition) is 2. The second-order valence-corrected chi connectivity index (χ2v) is 5.46. The Morgan fingerprint density at radius 2 is 1.89 bits per heavy atom. The molecule has 2 heteroatoms. The van der Waals surface area contributed by atoms with Crippen molar-refractivity contribution in [2.75, 3.05) is 6.61 Å². The SMILES string of the molecule is CCC(C)C(O)COc1cc(C)ccc1C(C)C. The van der Waals surface area contributed by atoms with Crippen molar-refractivity contribution >= 4 is 0 Å². The predicted molar refractivity (Wildman–Crippen MR) is 76.2 cm³/mol. The van der Waals surface area contributed by atoms with Crippen molar-refractivity contribution in [1.82, 2.24) is 0 Å². The van der Waals surface area contributed by atoms with E-state index in [2.05, 4.69) is 45.9 Å². The first kappa shape index (κ1) is 15.0. The van der Waals surface area contributed by atoms with Gasteiger partial charge in [0.05, 0.1) is 6.10 Å². The van der Waals surface area contributed by atoms with Crippen LogP contribution >= 0.6 is 0 Å². The highest BCUT2D eigenvalue weighted by atomic mass is 16.5. The Kier molecular flexibility index (Phi) is 5.67. The maximum Gasteiger partial charge on any atom is 0.123 e. The fourth-order valence-corrected chi connectivity index (χ4v) is 1.86. The molecule has 0 saturated heterocycles. The third-order valence-corrected chi connectivity index (χ3v) is 3.50. The first-order valence-corrected chi connectivity index (χ1v) is 6.87. The van der Waals surface area contributed by atoms with E-state index >= 15 is 0 Å². The summed E-state index contributed by atoms with van der Waals surface area (Å²) in [5.41, 5.74) is 2.39. The van der Waals surface area contributed by atoms with Crippen molar-refractivity contribution < 1.29 is 9.84 Å². The van der Waals surface area contributed by atoms with E-state index in [0.29, 0.717) is 12.5 Å². The van der Waals surface area contributed by atoms with E-state index in [1.165, 1.54) is 11.1 Å². The molecule has 1 N–H and O–H groups in total. The number of aryl methyl sites for hydroxylation is 1. The van der Waals surface area contributed by atoms with Gasteiger partial charge in [0.15, 0.2) is 0 Å². The summed E-state index contributed by atoms with van der Waals surface area (Å²) in [7, 11) is 0. The number of ether oxygens (including phenoxy) is 1. The Balaban J connectivity index is 2.74. The largest absolute Gasteiger partial charge is 0.491 e. The van der Waals surface area contributed by atoms with Gasteiger partial charge in [0.1, 0.15) is 12.4 Å². The summed E-state index contributed by atoms with van der Waals surface area (Å²) >= 11 is 0. The Morgan fingerprint density at radius 1 is 1.22 bits per heavy atom. The van der Waals surface area contributed by atoms with E-state index in [1.807, 2.05) is 6.92 Å². The van der Waals surface area contributed by atoms with Crippen LogP contribution in [0.5, 0.6) is 5.75 Å². The van der Waals surface area contributed by atoms with Crippen molar-refractivity contribution in [2.24, 2.45) is 5.92 Å². The van der Waals surface area contributed by atoms with Crippen LogP contribution in [0.4, 0.5) is 0 Å². The van der Waals surface area contributed by atoms with E-state index in [-0.39, 0.29) is 5.92 Å². The smallest absolute Gasteiger partial charge is 0.123 e. The first-order chi connectivity index (χ1) is 8.45. The van der Waals surface area contributed by atoms with Crippen molar-refractivity contribution in [1.29, 1.82) is 0 Å². The Labute approximate surface area is 111 Å². The van der Waals surface area contributed by atoms with Gasteiger partial charge < -0.3 is 9.84 Å². The maximum atomic E-state index is 9.95. The van der Waals surface area contributed by atoms with Crippen molar-refractivity contribution in [2.45, 2.75) is 53.1 Å². The highest BCUT2D eigenvalue weighted by molar-refractivity contribution is 5.39. The summed E-state index contributed by atoms with van der Waals surface area (Å²) in [5, 5.41) is 9.95. The second-order valence-electron chi connectivity index (χ2n) is 5.46. The van der Waals surface area contributed by atoms with Gasteiger partial charge in [-0.25, -0.2) is 0 Å². The molecular formula is C16H26O2. The molecular weight excluding hydrogens is 224 g/mol. The lowest BCUT2D eigenvalue weighted by Gasteiger charge is -2.20. The Bertz CT molecular complexity index is 371. The summed E-state index contributed by atoms with van der Waals surface area (Å²) in [6, 6.07) is 6.27. The number of rotatable bonds is 6. The number of aliphatic hydroxyl groups is 1. The van der Waals surface area contributed by atoms with Crippen LogP contribution in [0.1, 0.15) is 51.2 Å². The van der Waals surface area contributed by atoms with Crippen LogP contribution in [0.2, 0.25) is 0 Å². The van der Waals surface area contributed by atoms with Crippen molar-refractivity contribution in [3.05, 3.63) is 29.3 Å². The Hall–Kier alpha value is -1.02. The van der Waals surface area contributed by atoms with Gasteiger partial charge in [-0.05, 0) is 36.0 Å². The van der Waals surface area contributed by atoms with Crippen LogP contribution in [0.25, 0.3) is 0 Å². The normalized spacial score (nSPS) is 14.6. The zero-order chi connectivity index (χ0) is 13.7. The molecule has 2 atom stereocenters. The minimum Gasteiger partial charge on any atom is -0.491 e. The summed E-state index contributed by atoms with van der Waals surface area (Å²) in [5.74, 6) is 1.62. The lowest BCUT2D eigenvalue weighted by molar-refractivity contribution is 0.0617. The van der Waals surface area contributed by atoms with Gasteiger partial charge in [-0.1, -0.05) is 46.2 Å². The highest BCUT2D eigenvalue weighted by Crippen LogP contribution is 2.27. The molecule has 2 nitrogen and oxygen atoms in total. The average molecular weight is 250 g/mol. The molecule has 0 aromatic heterocycles. The molecule has 0 aliphatic heterocycles. The summed E-state index contributed by atoms with van der Waals surface area (Å²) in [6.07, 6.45) is 0.575. The highest BCUT2D eigenvalue weighted by Gasteiger charge is 2.15. The maximum absolute atomic E-state index is 9.95. The topological polar surface area (TPSA) is 29.5 Å². The molecule has 1 aromatic carbocycles. The molecule has 0 fully saturated rings. The van der Waals surface area contributed by atoms with E-state index in [9.17, 15) is 5.11 Å². The summed E-state index contributed by atoms with van der Waals surface area (Å²) in [4.78, 5) is 0. The van der Waals surface area contributed by atoms with E-state index in [0.717, 1.165) is 12.2 Å². The standard InChI is InChI=1S/C16H26O2/c1-6-13(5)15(17)10-18-16-9-12(4)7-8-14(16)11(2)3/h7-9,11,13,15,17H,6,10H2,1-5H3. The van der Waals surface area contributed by atoms with Crippen LogP contribution in [0.3, 0.4) is 0 Å². The van der Waals surface area contributed by atoms with Crippen LogP contribution in [0, 0.1) is 12.8 Å². The van der Waals surface area contributed by atoms with Gasteiger partial charge in [-0.15, -0.1) is 0 Å². The molecule has 0 bridgehead atoms. The van der Waals surface area contributed by atoms with Gasteiger partial charge >= 0.3 is 0 Å². The van der Waals surface area contributed by atoms with Crippen LogP contribution in [-0.4, -0.2) is 17.8 Å². The molecule has 0 radical (unpaired) electrons. The average Bonchev–Trinajstić information content (AvgIpc) is 2.34. The van der Waals surface area contributed by atoms with Gasteiger partial charge in [0.25, 0.3) is 0 Å². The minimum atomic E-state index is -0.393. The summed E-state index contributed by atoms with van der Waals surface area (Å²) < 4.78 is 5.81. The molecule has 0 heterocycles. The molecule has 0 aliphatic carbocycles. The fraction of sp³-hybridized carbons (Fsp3) is 0.625. The number of hydrogen-bond donors (Lipinski definition) is 1. The quantitative estimate of drug-likeness (QED) is 0.829. The van der Waals surface area contributed by atoms with Crippen molar-refractivity contribution in [3.63, 3.8) is 0 Å². The first-order valence-electron chi connectivity index (χ1n) is 6.87. The molecule has 0 aliphatic rings. The van der Waals surface area contributed by atoms with Crippen LogP contribution in [-0.2, 0) is 0 Å². The summed E-state index contributed by atoms with van der Waals surface area (Å²) in [6.45, 7) is 10.9. The lowest BCUT2D eigenvalue weighted by atomic mass is 10.00. The van der Waals surface area contributed by atoms with Crippen molar-refractivity contribution in [3.8, 4) is 5.75 Å². The van der Waals surface area contributed by atoms with Gasteiger partial charge in [0.2, 0.25) is 0 Å². The third kappa shape index (κ3) is 4.02. The minimum absolute atomic E-state index is 0.275. The molecule has 0 amide bonds. The second kappa shape index (κ2) is 6.79. The zero-order valence-corrected chi connectivity index (χ0v) is 12.2. The van der Waals surface area contributed by atoms with Crippen LogP contribution < -0.4 is 4.74 Å².